The van der Waals surface area contributed by atoms with E-state index >= 15 is 0 Å². The van der Waals surface area contributed by atoms with Gasteiger partial charge in [0.2, 0.25) is 11.6 Å². The van der Waals surface area contributed by atoms with E-state index in [2.05, 4.69) is 10.6 Å². The Balaban J connectivity index is 1.84. The van der Waals surface area contributed by atoms with E-state index in [0.717, 1.165) is 12.1 Å². The molecule has 0 radical (unpaired) electrons. The average molecular weight is 404 g/mol. The molecule has 3 aromatic carbocycles. The van der Waals surface area contributed by atoms with Crippen LogP contribution in [0.1, 0.15) is 31.1 Å². The second-order valence-corrected chi connectivity index (χ2v) is 6.61. The number of carbonyl (C=O) groups excluding carboxylic acids is 3. The van der Waals surface area contributed by atoms with E-state index in [1.165, 1.54) is 12.1 Å². The van der Waals surface area contributed by atoms with Crippen molar-refractivity contribution in [3.05, 3.63) is 106 Å². The van der Waals surface area contributed by atoms with Crippen molar-refractivity contribution in [3.8, 4) is 0 Å². The standard InChI is InChI=1S/C23H14F2N2O3/c24-16-9-15(10-17(25)11-16)22(30)20(21(29)14-4-2-1-3-5-14)23-26-18-7-6-13(12-28)8-19(18)27-23/h1-12,26-27H/b23-20+. The molecule has 4 rings (SSSR count). The van der Waals surface area contributed by atoms with Gasteiger partial charge in [0.25, 0.3) is 0 Å². The second-order valence-electron chi connectivity index (χ2n) is 6.61. The second kappa shape index (κ2) is 7.71. The van der Waals surface area contributed by atoms with Crippen LogP contribution in [0.5, 0.6) is 0 Å². The molecule has 3 aromatic rings. The zero-order valence-corrected chi connectivity index (χ0v) is 15.4. The van der Waals surface area contributed by atoms with Crippen LogP contribution >= 0.6 is 0 Å². The number of benzene rings is 3. The van der Waals surface area contributed by atoms with Gasteiger partial charge in [-0.05, 0) is 30.3 Å². The Morgan fingerprint density at radius 2 is 1.37 bits per heavy atom. The molecular weight excluding hydrogens is 390 g/mol. The Morgan fingerprint density at radius 3 is 2.03 bits per heavy atom. The molecule has 5 nitrogen and oxygen atoms in total. The molecule has 1 heterocycles. The number of aldehydes is 1. The predicted molar refractivity (Wildman–Crippen MR) is 108 cm³/mol. The normalized spacial score (nSPS) is 13.7. The van der Waals surface area contributed by atoms with Crippen LogP contribution in [-0.2, 0) is 0 Å². The van der Waals surface area contributed by atoms with Gasteiger partial charge in [0, 0.05) is 22.8 Å². The van der Waals surface area contributed by atoms with Gasteiger partial charge in [-0.2, -0.15) is 0 Å². The molecule has 0 aliphatic carbocycles. The van der Waals surface area contributed by atoms with Gasteiger partial charge < -0.3 is 10.6 Å². The van der Waals surface area contributed by atoms with Gasteiger partial charge in [0.1, 0.15) is 29.3 Å². The first kappa shape index (κ1) is 19.2. The van der Waals surface area contributed by atoms with Crippen LogP contribution < -0.4 is 10.6 Å². The largest absolute Gasteiger partial charge is 0.339 e. The van der Waals surface area contributed by atoms with Crippen molar-refractivity contribution in [2.24, 2.45) is 0 Å². The van der Waals surface area contributed by atoms with Crippen molar-refractivity contribution in [1.82, 2.24) is 0 Å². The van der Waals surface area contributed by atoms with Crippen molar-refractivity contribution in [2.75, 3.05) is 10.6 Å². The van der Waals surface area contributed by atoms with E-state index in [4.69, 9.17) is 0 Å². The van der Waals surface area contributed by atoms with Crippen LogP contribution in [-0.4, -0.2) is 17.9 Å². The number of allylic oxidation sites excluding steroid dienone is 1. The molecule has 0 bridgehead atoms. The summed E-state index contributed by atoms with van der Waals surface area (Å²) in [6.07, 6.45) is 0.667. The number of Topliss-reactive ketones (excluding diaryl/α,β-unsaturated/α-hetero) is 2. The SMILES string of the molecule is O=Cc1ccc2c(c1)N/C(=C(\C(=O)c1ccccc1)C(=O)c1cc(F)cc(F)c1)N2. The first-order valence-electron chi connectivity index (χ1n) is 8.94. The van der Waals surface area contributed by atoms with Gasteiger partial charge in [0.15, 0.2) is 0 Å². The number of anilines is 2. The Hall–Kier alpha value is -4.13. The van der Waals surface area contributed by atoms with Gasteiger partial charge >= 0.3 is 0 Å². The molecule has 0 spiro atoms. The summed E-state index contributed by atoms with van der Waals surface area (Å²) >= 11 is 0. The highest BCUT2D eigenvalue weighted by Gasteiger charge is 2.29. The minimum Gasteiger partial charge on any atom is -0.339 e. The molecular formula is C23H14F2N2O3. The summed E-state index contributed by atoms with van der Waals surface area (Å²) in [4.78, 5) is 37.4. The van der Waals surface area contributed by atoms with E-state index in [-0.39, 0.29) is 22.5 Å². The third kappa shape index (κ3) is 3.60. The fourth-order valence-electron chi connectivity index (χ4n) is 3.17. The van der Waals surface area contributed by atoms with E-state index in [1.54, 1.807) is 36.4 Å². The van der Waals surface area contributed by atoms with Crippen molar-refractivity contribution in [2.45, 2.75) is 0 Å². The quantitative estimate of drug-likeness (QED) is 0.214. The molecule has 1 aliphatic rings. The van der Waals surface area contributed by atoms with Crippen LogP contribution in [0.25, 0.3) is 0 Å². The summed E-state index contributed by atoms with van der Waals surface area (Å²) in [5.41, 5.74) is 1.07. The topological polar surface area (TPSA) is 75.3 Å². The molecule has 0 amide bonds. The van der Waals surface area contributed by atoms with Gasteiger partial charge in [-0.3, -0.25) is 14.4 Å². The summed E-state index contributed by atoms with van der Waals surface area (Å²) in [7, 11) is 0. The van der Waals surface area contributed by atoms with E-state index < -0.39 is 23.2 Å². The van der Waals surface area contributed by atoms with Crippen LogP contribution in [0.4, 0.5) is 20.2 Å². The summed E-state index contributed by atoms with van der Waals surface area (Å²) in [6.45, 7) is 0. The van der Waals surface area contributed by atoms with E-state index in [1.807, 2.05) is 0 Å². The highest BCUT2D eigenvalue weighted by atomic mass is 19.1. The Bertz CT molecular complexity index is 1200. The predicted octanol–water partition coefficient (Wildman–Crippen LogP) is 4.59. The van der Waals surface area contributed by atoms with Crippen molar-refractivity contribution < 1.29 is 23.2 Å². The molecule has 148 valence electrons. The number of nitrogens with one attached hydrogen (secondary N) is 2. The molecule has 2 N–H and O–H groups in total. The van der Waals surface area contributed by atoms with Crippen molar-refractivity contribution >= 4 is 29.2 Å². The first-order chi connectivity index (χ1) is 14.5. The monoisotopic (exact) mass is 404 g/mol. The third-order valence-electron chi connectivity index (χ3n) is 4.56. The lowest BCUT2D eigenvalue weighted by atomic mass is 9.95. The zero-order chi connectivity index (χ0) is 21.3. The molecule has 0 aromatic heterocycles. The fourth-order valence-corrected chi connectivity index (χ4v) is 3.17. The molecule has 30 heavy (non-hydrogen) atoms. The summed E-state index contributed by atoms with van der Waals surface area (Å²) in [5.74, 6) is -3.26. The van der Waals surface area contributed by atoms with Crippen LogP contribution in [0.3, 0.4) is 0 Å². The van der Waals surface area contributed by atoms with E-state index in [9.17, 15) is 23.2 Å². The lowest BCUT2D eigenvalue weighted by molar-refractivity contribution is 0.0960. The molecule has 0 saturated carbocycles. The van der Waals surface area contributed by atoms with Crippen molar-refractivity contribution in [1.29, 1.82) is 0 Å². The number of halogens is 2. The minimum atomic E-state index is -0.930. The van der Waals surface area contributed by atoms with Gasteiger partial charge in [-0.25, -0.2) is 8.78 Å². The average Bonchev–Trinajstić information content (AvgIpc) is 3.16. The molecule has 7 heteroatoms. The Morgan fingerprint density at radius 1 is 0.733 bits per heavy atom. The van der Waals surface area contributed by atoms with Crippen LogP contribution in [0.15, 0.2) is 78.1 Å². The minimum absolute atomic E-state index is 0.0663. The van der Waals surface area contributed by atoms with Crippen LogP contribution in [0.2, 0.25) is 0 Å². The number of rotatable bonds is 5. The Kier molecular flexibility index (Phi) is 4.93. The molecule has 0 atom stereocenters. The molecule has 1 aliphatic heterocycles. The maximum atomic E-state index is 13.7. The maximum absolute atomic E-state index is 13.7. The summed E-state index contributed by atoms with van der Waals surface area (Å²) in [5, 5.41) is 5.86. The summed E-state index contributed by atoms with van der Waals surface area (Å²) < 4.78 is 27.4. The third-order valence-corrected chi connectivity index (χ3v) is 4.56. The Labute approximate surface area is 170 Å². The molecule has 0 saturated heterocycles. The number of carbonyl (C=O) groups is 3. The highest BCUT2D eigenvalue weighted by molar-refractivity contribution is 6.32. The van der Waals surface area contributed by atoms with Gasteiger partial charge in [-0.1, -0.05) is 30.3 Å². The smallest absolute Gasteiger partial charge is 0.200 e. The fraction of sp³-hybridized carbons (Fsp3) is 0. The van der Waals surface area contributed by atoms with Gasteiger partial charge in [0.05, 0.1) is 11.4 Å². The van der Waals surface area contributed by atoms with Crippen LogP contribution in [0, 0.1) is 11.6 Å². The number of hydrogen-bond donors (Lipinski definition) is 2. The zero-order valence-electron chi connectivity index (χ0n) is 15.4. The maximum Gasteiger partial charge on any atom is 0.200 e. The highest BCUT2D eigenvalue weighted by Crippen LogP contribution is 2.33. The lowest BCUT2D eigenvalue weighted by Gasteiger charge is -2.11. The van der Waals surface area contributed by atoms with E-state index in [0.29, 0.717) is 29.3 Å². The molecule has 0 fully saturated rings. The number of hydrogen-bond acceptors (Lipinski definition) is 5. The van der Waals surface area contributed by atoms with Crippen molar-refractivity contribution in [3.63, 3.8) is 0 Å². The summed E-state index contributed by atoms with van der Waals surface area (Å²) in [6, 6.07) is 15.2. The number of ketones is 2. The molecule has 0 unspecified atom stereocenters. The van der Waals surface area contributed by atoms with Gasteiger partial charge in [-0.15, -0.1) is 0 Å². The number of fused-ring (bicyclic) bond motifs is 1. The first-order valence-corrected chi connectivity index (χ1v) is 8.94. The lowest BCUT2D eigenvalue weighted by Crippen LogP contribution is -2.21.